The molecule has 1 saturated heterocycles. The van der Waals surface area contributed by atoms with Crippen LogP contribution in [0.4, 0.5) is 0 Å². The molecule has 1 fully saturated rings. The number of amides is 2. The maximum absolute atomic E-state index is 13.2. The van der Waals surface area contributed by atoms with Crippen LogP contribution in [-0.2, 0) is 9.53 Å². The van der Waals surface area contributed by atoms with Gasteiger partial charge in [0.15, 0.2) is 0 Å². The second-order valence-corrected chi connectivity index (χ2v) is 7.41. The summed E-state index contributed by atoms with van der Waals surface area (Å²) >= 11 is 0. The predicted molar refractivity (Wildman–Crippen MR) is 115 cm³/mol. The number of ether oxygens (including phenoxy) is 3. The van der Waals surface area contributed by atoms with Crippen molar-refractivity contribution < 1.29 is 23.8 Å². The van der Waals surface area contributed by atoms with Crippen molar-refractivity contribution in [2.45, 2.75) is 32.7 Å². The fourth-order valence-corrected chi connectivity index (χ4v) is 3.33. The lowest BCUT2D eigenvalue weighted by molar-refractivity contribution is -0.121. The van der Waals surface area contributed by atoms with Crippen LogP contribution in [0.15, 0.2) is 18.2 Å². The number of benzene rings is 1. The first-order valence-electron chi connectivity index (χ1n) is 10.6. The summed E-state index contributed by atoms with van der Waals surface area (Å²) in [5.41, 5.74) is 0.485. The van der Waals surface area contributed by atoms with E-state index in [1.165, 1.54) is 0 Å². The molecule has 30 heavy (non-hydrogen) atoms. The SMILES string of the molecule is CCC(C)N(CCC(=O)NCCN1CCOCC1)C(=O)c1cc(OC)cc(OC)c1. The number of carbonyl (C=O) groups is 2. The molecule has 2 rings (SSSR count). The molecule has 0 spiro atoms. The van der Waals surface area contributed by atoms with E-state index in [2.05, 4.69) is 10.2 Å². The number of nitrogens with one attached hydrogen (secondary N) is 1. The lowest BCUT2D eigenvalue weighted by Crippen LogP contribution is -2.43. The zero-order valence-corrected chi connectivity index (χ0v) is 18.6. The van der Waals surface area contributed by atoms with Crippen molar-refractivity contribution in [3.8, 4) is 11.5 Å². The fraction of sp³-hybridized carbons (Fsp3) is 0.636. The monoisotopic (exact) mass is 421 g/mol. The molecular formula is C22H35N3O5. The minimum Gasteiger partial charge on any atom is -0.497 e. The minimum atomic E-state index is -0.136. The van der Waals surface area contributed by atoms with Gasteiger partial charge in [0.2, 0.25) is 5.91 Å². The molecule has 0 radical (unpaired) electrons. The van der Waals surface area contributed by atoms with Crippen molar-refractivity contribution in [3.05, 3.63) is 23.8 Å². The van der Waals surface area contributed by atoms with Crippen LogP contribution < -0.4 is 14.8 Å². The minimum absolute atomic E-state index is 0.0100. The Kier molecular flexibility index (Phi) is 9.89. The van der Waals surface area contributed by atoms with E-state index in [0.29, 0.717) is 30.2 Å². The normalized spacial score (nSPS) is 15.3. The van der Waals surface area contributed by atoms with E-state index in [1.54, 1.807) is 37.3 Å². The highest BCUT2D eigenvalue weighted by atomic mass is 16.5. The Morgan fingerprint density at radius 2 is 1.80 bits per heavy atom. The first kappa shape index (κ1) is 24.0. The average Bonchev–Trinajstić information content (AvgIpc) is 2.79. The van der Waals surface area contributed by atoms with Crippen LogP contribution in [0.2, 0.25) is 0 Å². The molecule has 0 aliphatic carbocycles. The van der Waals surface area contributed by atoms with Gasteiger partial charge in [-0.15, -0.1) is 0 Å². The third-order valence-corrected chi connectivity index (χ3v) is 5.42. The molecule has 0 saturated carbocycles. The summed E-state index contributed by atoms with van der Waals surface area (Å²) < 4.78 is 15.9. The van der Waals surface area contributed by atoms with Crippen LogP contribution in [0.3, 0.4) is 0 Å². The Morgan fingerprint density at radius 1 is 1.17 bits per heavy atom. The van der Waals surface area contributed by atoms with Crippen molar-refractivity contribution in [2.24, 2.45) is 0 Å². The lowest BCUT2D eigenvalue weighted by atomic mass is 10.1. The zero-order valence-electron chi connectivity index (χ0n) is 18.6. The third-order valence-electron chi connectivity index (χ3n) is 5.42. The Labute approximate surface area is 179 Å². The van der Waals surface area contributed by atoms with Gasteiger partial charge < -0.3 is 24.4 Å². The van der Waals surface area contributed by atoms with E-state index in [0.717, 1.165) is 39.3 Å². The van der Waals surface area contributed by atoms with E-state index in [9.17, 15) is 9.59 Å². The molecule has 1 atom stereocenters. The number of morpholine rings is 1. The number of hydrogen-bond acceptors (Lipinski definition) is 6. The van der Waals surface area contributed by atoms with Gasteiger partial charge in [-0.2, -0.15) is 0 Å². The molecule has 2 amide bonds. The quantitative estimate of drug-likeness (QED) is 0.587. The number of hydrogen-bond donors (Lipinski definition) is 1. The Balaban J connectivity index is 1.93. The fourth-order valence-electron chi connectivity index (χ4n) is 3.33. The van der Waals surface area contributed by atoms with E-state index in [4.69, 9.17) is 14.2 Å². The van der Waals surface area contributed by atoms with Gasteiger partial charge in [0.05, 0.1) is 27.4 Å². The smallest absolute Gasteiger partial charge is 0.254 e. The van der Waals surface area contributed by atoms with Crippen LogP contribution >= 0.6 is 0 Å². The molecule has 0 aromatic heterocycles. The van der Waals surface area contributed by atoms with E-state index in [-0.39, 0.29) is 24.3 Å². The third kappa shape index (κ3) is 7.18. The molecular weight excluding hydrogens is 386 g/mol. The summed E-state index contributed by atoms with van der Waals surface area (Å²) in [7, 11) is 3.10. The van der Waals surface area contributed by atoms with Crippen LogP contribution in [0.25, 0.3) is 0 Å². The predicted octanol–water partition coefficient (Wildman–Crippen LogP) is 1.78. The number of carbonyl (C=O) groups excluding carboxylic acids is 2. The van der Waals surface area contributed by atoms with Gasteiger partial charge in [-0.1, -0.05) is 6.92 Å². The molecule has 1 aliphatic rings. The molecule has 1 unspecified atom stereocenters. The van der Waals surface area contributed by atoms with Gasteiger partial charge in [0, 0.05) is 56.8 Å². The highest BCUT2D eigenvalue weighted by Crippen LogP contribution is 2.24. The molecule has 1 N–H and O–H groups in total. The molecule has 1 aromatic rings. The first-order valence-corrected chi connectivity index (χ1v) is 10.6. The molecule has 1 aliphatic heterocycles. The lowest BCUT2D eigenvalue weighted by Gasteiger charge is -2.29. The Bertz CT molecular complexity index is 669. The van der Waals surface area contributed by atoms with Crippen LogP contribution in [0.1, 0.15) is 37.0 Å². The molecule has 8 nitrogen and oxygen atoms in total. The topological polar surface area (TPSA) is 80.3 Å². The van der Waals surface area contributed by atoms with Crippen molar-refractivity contribution >= 4 is 11.8 Å². The second kappa shape index (κ2) is 12.4. The standard InChI is InChI=1S/C22H35N3O5/c1-5-17(2)25(22(27)18-14-19(28-3)16-20(15-18)29-4)8-6-21(26)23-7-9-24-10-12-30-13-11-24/h14-17H,5-13H2,1-4H3,(H,23,26). The van der Waals surface area contributed by atoms with Crippen molar-refractivity contribution in [1.82, 2.24) is 15.1 Å². The molecule has 0 bridgehead atoms. The number of nitrogens with zero attached hydrogens (tertiary/aromatic N) is 2. The number of rotatable bonds is 11. The van der Waals surface area contributed by atoms with E-state index < -0.39 is 0 Å². The largest absolute Gasteiger partial charge is 0.497 e. The number of methoxy groups -OCH3 is 2. The van der Waals surface area contributed by atoms with Crippen molar-refractivity contribution in [1.29, 1.82) is 0 Å². The van der Waals surface area contributed by atoms with E-state index in [1.807, 2.05) is 13.8 Å². The molecule has 8 heteroatoms. The molecule has 1 aromatic carbocycles. The summed E-state index contributed by atoms with van der Waals surface area (Å²) in [4.78, 5) is 29.5. The summed E-state index contributed by atoms with van der Waals surface area (Å²) in [5, 5.41) is 2.96. The van der Waals surface area contributed by atoms with Gasteiger partial charge in [0.25, 0.3) is 5.91 Å². The van der Waals surface area contributed by atoms with Gasteiger partial charge in [-0.25, -0.2) is 0 Å². The highest BCUT2D eigenvalue weighted by molar-refractivity contribution is 5.95. The van der Waals surface area contributed by atoms with Crippen LogP contribution in [0.5, 0.6) is 11.5 Å². The van der Waals surface area contributed by atoms with Crippen LogP contribution in [-0.4, -0.2) is 87.8 Å². The van der Waals surface area contributed by atoms with Gasteiger partial charge in [-0.3, -0.25) is 14.5 Å². The van der Waals surface area contributed by atoms with Crippen molar-refractivity contribution in [3.63, 3.8) is 0 Å². The maximum Gasteiger partial charge on any atom is 0.254 e. The van der Waals surface area contributed by atoms with E-state index >= 15 is 0 Å². The van der Waals surface area contributed by atoms with Crippen LogP contribution in [0, 0.1) is 0 Å². The summed E-state index contributed by atoms with van der Waals surface area (Å²) in [6, 6.07) is 5.13. The van der Waals surface area contributed by atoms with Gasteiger partial charge in [-0.05, 0) is 25.5 Å². The van der Waals surface area contributed by atoms with Gasteiger partial charge in [0.1, 0.15) is 11.5 Å². The molecule has 168 valence electrons. The highest BCUT2D eigenvalue weighted by Gasteiger charge is 2.22. The second-order valence-electron chi connectivity index (χ2n) is 7.41. The summed E-state index contributed by atoms with van der Waals surface area (Å²) in [6.07, 6.45) is 1.06. The maximum atomic E-state index is 13.2. The summed E-state index contributed by atoms with van der Waals surface area (Å²) in [5.74, 6) is 0.931. The Morgan fingerprint density at radius 3 is 2.37 bits per heavy atom. The first-order chi connectivity index (χ1) is 14.5. The summed E-state index contributed by atoms with van der Waals surface area (Å²) in [6.45, 7) is 9.08. The average molecular weight is 422 g/mol. The molecule has 1 heterocycles. The Hall–Kier alpha value is -2.32. The van der Waals surface area contributed by atoms with Gasteiger partial charge >= 0.3 is 0 Å². The van der Waals surface area contributed by atoms with Crippen molar-refractivity contribution in [2.75, 3.05) is 60.2 Å². The zero-order chi connectivity index (χ0) is 21.9.